The minimum atomic E-state index is -0.874. The number of hydrogen-bond donors (Lipinski definition) is 2. The van der Waals surface area contributed by atoms with Crippen LogP contribution in [-0.2, 0) is 0 Å². The van der Waals surface area contributed by atoms with E-state index < -0.39 is 17.7 Å². The molecule has 1 aromatic carbocycles. The molecule has 2 rings (SSSR count). The molecule has 0 aliphatic carbocycles. The topological polar surface area (TPSA) is 45.1 Å². The van der Waals surface area contributed by atoms with Crippen molar-refractivity contribution in [3.05, 3.63) is 64.4 Å². The van der Waals surface area contributed by atoms with E-state index in [1.165, 1.54) is 18.2 Å². The number of rotatable bonds is 6. The maximum absolute atomic E-state index is 13.4. The van der Waals surface area contributed by atoms with Crippen LogP contribution in [0.25, 0.3) is 0 Å². The summed E-state index contributed by atoms with van der Waals surface area (Å²) in [6.45, 7) is 2.18. The molecule has 22 heavy (non-hydrogen) atoms. The highest BCUT2D eigenvalue weighted by atomic mass is 35.5. The van der Waals surface area contributed by atoms with Crippen molar-refractivity contribution < 1.29 is 13.9 Å². The van der Waals surface area contributed by atoms with Gasteiger partial charge in [0.25, 0.3) is 0 Å². The van der Waals surface area contributed by atoms with Gasteiger partial charge in [0.15, 0.2) is 0 Å². The van der Waals surface area contributed by atoms with Crippen molar-refractivity contribution in [1.82, 2.24) is 10.3 Å². The van der Waals surface area contributed by atoms with E-state index in [0.29, 0.717) is 11.3 Å². The van der Waals surface area contributed by atoms with Crippen LogP contribution < -0.4 is 5.32 Å². The zero-order valence-corrected chi connectivity index (χ0v) is 12.8. The van der Waals surface area contributed by atoms with E-state index in [4.69, 9.17) is 11.6 Å². The molecule has 0 aliphatic rings. The van der Waals surface area contributed by atoms with Gasteiger partial charge < -0.3 is 10.4 Å². The van der Waals surface area contributed by atoms with Gasteiger partial charge in [0.1, 0.15) is 11.6 Å². The summed E-state index contributed by atoms with van der Waals surface area (Å²) in [6, 6.07) is 7.03. The van der Waals surface area contributed by atoms with Crippen LogP contribution in [-0.4, -0.2) is 16.6 Å². The molecular formula is C16H17ClF2N2O. The summed E-state index contributed by atoms with van der Waals surface area (Å²) in [7, 11) is 0. The van der Waals surface area contributed by atoms with E-state index in [1.54, 1.807) is 12.1 Å². The van der Waals surface area contributed by atoms with Gasteiger partial charge in [-0.25, -0.2) is 8.78 Å². The first-order valence-corrected chi connectivity index (χ1v) is 7.37. The predicted molar refractivity (Wildman–Crippen MR) is 81.6 cm³/mol. The molecule has 6 heteroatoms. The van der Waals surface area contributed by atoms with Crippen LogP contribution >= 0.6 is 11.6 Å². The van der Waals surface area contributed by atoms with E-state index >= 15 is 0 Å². The summed E-state index contributed by atoms with van der Waals surface area (Å²) in [4.78, 5) is 4.03. The fraction of sp³-hybridized carbons (Fsp3) is 0.312. The van der Waals surface area contributed by atoms with Gasteiger partial charge in [-0.1, -0.05) is 24.6 Å². The Balaban J connectivity index is 2.00. The van der Waals surface area contributed by atoms with Crippen LogP contribution in [0.1, 0.15) is 36.7 Å². The van der Waals surface area contributed by atoms with Crippen LogP contribution in [0.15, 0.2) is 36.5 Å². The molecule has 1 aromatic heterocycles. The number of aromatic nitrogens is 1. The Morgan fingerprint density at radius 3 is 2.64 bits per heavy atom. The maximum Gasteiger partial charge on any atom is 0.142 e. The summed E-state index contributed by atoms with van der Waals surface area (Å²) in [5.41, 5.74) is 1.13. The monoisotopic (exact) mass is 326 g/mol. The zero-order chi connectivity index (χ0) is 16.1. The third kappa shape index (κ3) is 4.22. The molecule has 118 valence electrons. The fourth-order valence-corrected chi connectivity index (χ4v) is 2.26. The smallest absolute Gasteiger partial charge is 0.142 e. The lowest BCUT2D eigenvalue weighted by molar-refractivity contribution is 0.168. The quantitative estimate of drug-likeness (QED) is 0.849. The lowest BCUT2D eigenvalue weighted by Crippen LogP contribution is -2.26. The first-order chi connectivity index (χ1) is 10.5. The van der Waals surface area contributed by atoms with Crippen LogP contribution in [0, 0.1) is 11.6 Å². The molecule has 0 saturated heterocycles. The first kappa shape index (κ1) is 16.8. The Labute approximate surface area is 133 Å². The van der Waals surface area contributed by atoms with Gasteiger partial charge in [-0.15, -0.1) is 0 Å². The average Bonchev–Trinajstić information content (AvgIpc) is 2.52. The minimum Gasteiger partial charge on any atom is -0.387 e. The summed E-state index contributed by atoms with van der Waals surface area (Å²) < 4.78 is 26.3. The average molecular weight is 327 g/mol. The van der Waals surface area contributed by atoms with Gasteiger partial charge in [-0.05, 0) is 36.2 Å². The molecule has 2 atom stereocenters. The number of pyridine rings is 1. The van der Waals surface area contributed by atoms with Gasteiger partial charge in [0.05, 0.1) is 23.0 Å². The second-order valence-corrected chi connectivity index (χ2v) is 5.37. The third-order valence-electron chi connectivity index (χ3n) is 3.40. The summed E-state index contributed by atoms with van der Waals surface area (Å²) in [6.07, 6.45) is 1.01. The molecule has 0 aliphatic heterocycles. The largest absolute Gasteiger partial charge is 0.387 e. The second-order valence-electron chi connectivity index (χ2n) is 4.96. The normalized spacial score (nSPS) is 13.9. The van der Waals surface area contributed by atoms with E-state index in [9.17, 15) is 13.9 Å². The molecule has 0 spiro atoms. The van der Waals surface area contributed by atoms with Gasteiger partial charge in [0, 0.05) is 12.6 Å². The first-order valence-electron chi connectivity index (χ1n) is 6.99. The highest BCUT2D eigenvalue weighted by Crippen LogP contribution is 2.21. The Bertz CT molecular complexity index is 622. The van der Waals surface area contributed by atoms with E-state index in [1.807, 2.05) is 6.92 Å². The van der Waals surface area contributed by atoms with E-state index in [2.05, 4.69) is 10.3 Å². The van der Waals surface area contributed by atoms with Gasteiger partial charge in [0.2, 0.25) is 0 Å². The standard InChI is InChI=1S/C16H17ClF2N2O/c1-2-14(15-6-4-11(18)8-20-15)21-9-16(22)10-3-5-12(17)13(19)7-10/h3-8,14,16,21-22H,2,9H2,1H3. The number of nitrogens with zero attached hydrogens (tertiary/aromatic N) is 1. The number of aliphatic hydroxyl groups is 1. The Hall–Kier alpha value is -1.56. The van der Waals surface area contributed by atoms with Crippen LogP contribution in [0.5, 0.6) is 0 Å². The van der Waals surface area contributed by atoms with Crippen molar-refractivity contribution in [1.29, 1.82) is 0 Å². The van der Waals surface area contributed by atoms with Crippen LogP contribution in [0.2, 0.25) is 5.02 Å². The van der Waals surface area contributed by atoms with E-state index in [0.717, 1.165) is 12.6 Å². The van der Waals surface area contributed by atoms with Crippen molar-refractivity contribution in [2.24, 2.45) is 0 Å². The van der Waals surface area contributed by atoms with Crippen LogP contribution in [0.3, 0.4) is 0 Å². The molecule has 0 bridgehead atoms. The summed E-state index contributed by atoms with van der Waals surface area (Å²) in [5, 5.41) is 13.3. The zero-order valence-electron chi connectivity index (χ0n) is 12.1. The van der Waals surface area contributed by atoms with Gasteiger partial charge >= 0.3 is 0 Å². The number of halogens is 3. The fourth-order valence-electron chi connectivity index (χ4n) is 2.14. The van der Waals surface area contributed by atoms with Crippen LogP contribution in [0.4, 0.5) is 8.78 Å². The van der Waals surface area contributed by atoms with Gasteiger partial charge in [-0.3, -0.25) is 4.98 Å². The number of benzene rings is 1. The third-order valence-corrected chi connectivity index (χ3v) is 3.71. The van der Waals surface area contributed by atoms with Crippen molar-refractivity contribution >= 4 is 11.6 Å². The van der Waals surface area contributed by atoms with Crippen molar-refractivity contribution in [2.45, 2.75) is 25.5 Å². The molecular weight excluding hydrogens is 310 g/mol. The van der Waals surface area contributed by atoms with Crippen molar-refractivity contribution in [3.8, 4) is 0 Å². The Morgan fingerprint density at radius 2 is 2.05 bits per heavy atom. The van der Waals surface area contributed by atoms with Gasteiger partial charge in [-0.2, -0.15) is 0 Å². The lowest BCUT2D eigenvalue weighted by Gasteiger charge is -2.19. The predicted octanol–water partition coefficient (Wildman–Crippen LogP) is 3.79. The summed E-state index contributed by atoms with van der Waals surface area (Å²) in [5.74, 6) is -0.958. The SMILES string of the molecule is CCC(NCC(O)c1ccc(Cl)c(F)c1)c1ccc(F)cn1. The molecule has 3 nitrogen and oxygen atoms in total. The maximum atomic E-state index is 13.4. The van der Waals surface area contributed by atoms with Crippen molar-refractivity contribution in [2.75, 3.05) is 6.54 Å². The molecule has 2 aromatic rings. The Kier molecular flexibility index (Phi) is 5.83. The molecule has 0 amide bonds. The molecule has 0 fully saturated rings. The summed E-state index contributed by atoms with van der Waals surface area (Å²) >= 11 is 5.62. The number of aliphatic hydroxyl groups excluding tert-OH is 1. The Morgan fingerprint density at radius 1 is 1.27 bits per heavy atom. The molecule has 1 heterocycles. The highest BCUT2D eigenvalue weighted by Gasteiger charge is 2.15. The minimum absolute atomic E-state index is 0.0193. The van der Waals surface area contributed by atoms with E-state index in [-0.39, 0.29) is 17.6 Å². The highest BCUT2D eigenvalue weighted by molar-refractivity contribution is 6.30. The molecule has 2 unspecified atom stereocenters. The second kappa shape index (κ2) is 7.63. The molecule has 0 saturated carbocycles. The molecule has 0 radical (unpaired) electrons. The number of hydrogen-bond acceptors (Lipinski definition) is 3. The van der Waals surface area contributed by atoms with Crippen molar-refractivity contribution in [3.63, 3.8) is 0 Å². The molecule has 2 N–H and O–H groups in total. The lowest BCUT2D eigenvalue weighted by atomic mass is 10.1. The number of nitrogens with one attached hydrogen (secondary N) is 1.